The normalized spacial score (nSPS) is 34.4. The van der Waals surface area contributed by atoms with E-state index in [4.69, 9.17) is 0 Å². The second-order valence-electron chi connectivity index (χ2n) is 3.31. The molecule has 2 fully saturated rings. The number of hydrogen-bond donors (Lipinski definition) is 1. The lowest BCUT2D eigenvalue weighted by atomic mass is 10.2. The van der Waals surface area contributed by atoms with Gasteiger partial charge in [-0.2, -0.15) is 0 Å². The van der Waals surface area contributed by atoms with E-state index in [9.17, 15) is 0 Å². The highest BCUT2D eigenvalue weighted by atomic mass is 15.3. The molecule has 3 heteroatoms. The van der Waals surface area contributed by atoms with Crippen molar-refractivity contribution in [2.45, 2.75) is 19.0 Å². The molecule has 2 aliphatic rings. The molecule has 0 amide bonds. The van der Waals surface area contributed by atoms with Gasteiger partial charge in [0.1, 0.15) is 0 Å². The van der Waals surface area contributed by atoms with Crippen LogP contribution >= 0.6 is 0 Å². The monoisotopic (exact) mass is 154 g/mol. The first-order valence-corrected chi connectivity index (χ1v) is 4.58. The predicted molar refractivity (Wildman–Crippen MR) is 44.5 cm³/mol. The maximum Gasteiger partial charge on any atom is 0.0762 e. The van der Waals surface area contributed by atoms with E-state index >= 15 is 0 Å². The van der Waals surface area contributed by atoms with Crippen LogP contribution in [-0.4, -0.2) is 43.8 Å². The molecule has 0 aromatic heterocycles. The van der Waals surface area contributed by atoms with E-state index in [1.807, 2.05) is 0 Å². The Labute approximate surface area is 68.1 Å². The van der Waals surface area contributed by atoms with Crippen molar-refractivity contribution >= 4 is 0 Å². The Morgan fingerprint density at radius 3 is 2.73 bits per heavy atom. The number of nitrogens with zero attached hydrogens (tertiary/aromatic N) is 2. The van der Waals surface area contributed by atoms with Gasteiger partial charge in [-0.05, 0) is 12.8 Å². The molecule has 0 aliphatic carbocycles. The molecule has 63 valence electrons. The van der Waals surface area contributed by atoms with Crippen molar-refractivity contribution in [1.82, 2.24) is 15.5 Å². The smallest absolute Gasteiger partial charge is 0.0762 e. The minimum absolute atomic E-state index is 0.567. The van der Waals surface area contributed by atoms with Crippen LogP contribution in [0.1, 0.15) is 12.8 Å². The molecule has 1 N–H and O–H groups in total. The number of nitrogens with one attached hydrogen (secondary N) is 1. The average molecular weight is 154 g/mol. The van der Waals surface area contributed by atoms with Gasteiger partial charge in [-0.25, -0.2) is 5.32 Å². The van der Waals surface area contributed by atoms with E-state index in [0.29, 0.717) is 6.17 Å². The molecule has 11 heavy (non-hydrogen) atoms. The average Bonchev–Trinajstić information content (AvgIpc) is 2.58. The lowest BCUT2D eigenvalue weighted by molar-refractivity contribution is 0.158. The Kier molecular flexibility index (Phi) is 2.41. The second kappa shape index (κ2) is 3.52. The number of rotatable bonds is 1. The van der Waals surface area contributed by atoms with Crippen molar-refractivity contribution in [1.29, 1.82) is 0 Å². The van der Waals surface area contributed by atoms with Crippen molar-refractivity contribution in [3.63, 3.8) is 0 Å². The molecule has 0 aromatic carbocycles. The Morgan fingerprint density at radius 2 is 2.09 bits per heavy atom. The molecular weight excluding hydrogens is 138 g/mol. The van der Waals surface area contributed by atoms with Gasteiger partial charge in [-0.3, -0.25) is 4.90 Å². The SMILES string of the molecule is C1C[N]C(N2CCNCC2)C1. The van der Waals surface area contributed by atoms with Gasteiger partial charge >= 0.3 is 0 Å². The van der Waals surface area contributed by atoms with Crippen LogP contribution in [0.3, 0.4) is 0 Å². The summed E-state index contributed by atoms with van der Waals surface area (Å²) in [5.41, 5.74) is 0. The van der Waals surface area contributed by atoms with Crippen molar-refractivity contribution in [2.75, 3.05) is 32.7 Å². The Balaban J connectivity index is 1.82. The molecule has 1 atom stereocenters. The first kappa shape index (κ1) is 7.53. The molecule has 1 unspecified atom stereocenters. The fourth-order valence-corrected chi connectivity index (χ4v) is 1.88. The van der Waals surface area contributed by atoms with Crippen LogP contribution in [0.4, 0.5) is 0 Å². The van der Waals surface area contributed by atoms with Crippen LogP contribution in [0.2, 0.25) is 0 Å². The van der Waals surface area contributed by atoms with Gasteiger partial charge in [-0.1, -0.05) is 0 Å². The first-order valence-electron chi connectivity index (χ1n) is 4.58. The Hall–Kier alpha value is -0.120. The summed E-state index contributed by atoms with van der Waals surface area (Å²) in [6.07, 6.45) is 3.16. The predicted octanol–water partition coefficient (Wildman–Crippen LogP) is -0.384. The molecule has 0 saturated carbocycles. The molecule has 3 nitrogen and oxygen atoms in total. The molecule has 1 radical (unpaired) electrons. The van der Waals surface area contributed by atoms with Crippen molar-refractivity contribution in [2.24, 2.45) is 0 Å². The molecule has 0 aromatic rings. The maximum atomic E-state index is 4.56. The molecular formula is C8H16N3. The lowest BCUT2D eigenvalue weighted by Gasteiger charge is -2.31. The van der Waals surface area contributed by atoms with Gasteiger partial charge in [-0.15, -0.1) is 0 Å². The molecule has 0 bridgehead atoms. The summed E-state index contributed by atoms with van der Waals surface area (Å²) < 4.78 is 0. The van der Waals surface area contributed by atoms with Crippen LogP contribution in [0, 0.1) is 0 Å². The maximum absolute atomic E-state index is 4.56. The van der Waals surface area contributed by atoms with Crippen molar-refractivity contribution in [3.8, 4) is 0 Å². The zero-order chi connectivity index (χ0) is 7.52. The first-order chi connectivity index (χ1) is 5.47. The molecule has 2 aliphatic heterocycles. The third kappa shape index (κ3) is 1.72. The minimum atomic E-state index is 0.567. The molecule has 2 rings (SSSR count). The topological polar surface area (TPSA) is 29.4 Å². The summed E-state index contributed by atoms with van der Waals surface area (Å²) in [4.78, 5) is 2.50. The number of piperazine rings is 1. The number of hydrogen-bond acceptors (Lipinski definition) is 2. The second-order valence-corrected chi connectivity index (χ2v) is 3.31. The van der Waals surface area contributed by atoms with Crippen LogP contribution in [0.15, 0.2) is 0 Å². The molecule has 2 heterocycles. The lowest BCUT2D eigenvalue weighted by Crippen LogP contribution is -2.49. The van der Waals surface area contributed by atoms with E-state index in [-0.39, 0.29) is 0 Å². The van der Waals surface area contributed by atoms with E-state index in [1.165, 1.54) is 25.9 Å². The molecule has 0 spiro atoms. The fourth-order valence-electron chi connectivity index (χ4n) is 1.88. The summed E-state index contributed by atoms with van der Waals surface area (Å²) in [6.45, 7) is 5.76. The van der Waals surface area contributed by atoms with Crippen LogP contribution in [-0.2, 0) is 0 Å². The molecule has 2 saturated heterocycles. The van der Waals surface area contributed by atoms with E-state index in [0.717, 1.165) is 19.6 Å². The summed E-state index contributed by atoms with van der Waals surface area (Å²) in [6, 6.07) is 0. The zero-order valence-electron chi connectivity index (χ0n) is 6.92. The summed E-state index contributed by atoms with van der Waals surface area (Å²) in [5.74, 6) is 0. The summed E-state index contributed by atoms with van der Waals surface area (Å²) in [7, 11) is 0. The minimum Gasteiger partial charge on any atom is -0.314 e. The van der Waals surface area contributed by atoms with Crippen LogP contribution < -0.4 is 10.6 Å². The Morgan fingerprint density at radius 1 is 1.27 bits per heavy atom. The third-order valence-electron chi connectivity index (χ3n) is 2.53. The van der Waals surface area contributed by atoms with Gasteiger partial charge in [0.2, 0.25) is 0 Å². The van der Waals surface area contributed by atoms with Gasteiger partial charge in [0.15, 0.2) is 0 Å². The van der Waals surface area contributed by atoms with Crippen molar-refractivity contribution < 1.29 is 0 Å². The summed E-state index contributed by atoms with van der Waals surface area (Å²) >= 11 is 0. The van der Waals surface area contributed by atoms with Crippen LogP contribution in [0.25, 0.3) is 0 Å². The quantitative estimate of drug-likeness (QED) is 0.557. The third-order valence-corrected chi connectivity index (χ3v) is 2.53. The highest BCUT2D eigenvalue weighted by Gasteiger charge is 2.23. The van der Waals surface area contributed by atoms with Gasteiger partial charge < -0.3 is 5.32 Å². The largest absolute Gasteiger partial charge is 0.314 e. The highest BCUT2D eigenvalue weighted by Crippen LogP contribution is 2.12. The van der Waals surface area contributed by atoms with E-state index in [2.05, 4.69) is 15.5 Å². The Bertz CT molecular complexity index is 115. The zero-order valence-corrected chi connectivity index (χ0v) is 6.92. The summed E-state index contributed by atoms with van der Waals surface area (Å²) in [5, 5.41) is 7.91. The van der Waals surface area contributed by atoms with Gasteiger partial charge in [0.25, 0.3) is 0 Å². The van der Waals surface area contributed by atoms with Gasteiger partial charge in [0, 0.05) is 32.7 Å². The fraction of sp³-hybridized carbons (Fsp3) is 1.00. The van der Waals surface area contributed by atoms with Gasteiger partial charge in [0.05, 0.1) is 6.17 Å². The van der Waals surface area contributed by atoms with Crippen LogP contribution in [0.5, 0.6) is 0 Å². The standard InChI is InChI=1S/C8H16N3/c1-2-8(10-3-1)11-6-4-9-5-7-11/h8-9H,1-7H2. The van der Waals surface area contributed by atoms with E-state index in [1.54, 1.807) is 0 Å². The van der Waals surface area contributed by atoms with Crippen molar-refractivity contribution in [3.05, 3.63) is 0 Å². The highest BCUT2D eigenvalue weighted by molar-refractivity contribution is 4.78. The van der Waals surface area contributed by atoms with E-state index < -0.39 is 0 Å².